The van der Waals surface area contributed by atoms with Gasteiger partial charge in [0.05, 0.1) is 25.4 Å². The average molecular weight is 363 g/mol. The first kappa shape index (κ1) is 22.8. The van der Waals surface area contributed by atoms with Crippen molar-refractivity contribution in [1.82, 2.24) is 5.32 Å². The number of amides is 1. The van der Waals surface area contributed by atoms with Crippen LogP contribution in [0.25, 0.3) is 0 Å². The summed E-state index contributed by atoms with van der Waals surface area (Å²) in [6.07, 6.45) is 1.47. The number of carbonyl (C=O) groups is 1. The van der Waals surface area contributed by atoms with Crippen LogP contribution in [-0.4, -0.2) is 38.3 Å². The van der Waals surface area contributed by atoms with Crippen molar-refractivity contribution in [3.8, 4) is 0 Å². The van der Waals surface area contributed by atoms with Gasteiger partial charge in [0.1, 0.15) is 5.82 Å². The number of benzene rings is 1. The zero-order chi connectivity index (χ0) is 17.3. The van der Waals surface area contributed by atoms with E-state index in [1.165, 1.54) is 18.2 Å². The predicted octanol–water partition coefficient (Wildman–Crippen LogP) is 2.66. The molecule has 5 nitrogen and oxygen atoms in total. The van der Waals surface area contributed by atoms with E-state index in [2.05, 4.69) is 5.32 Å². The molecule has 138 valence electrons. The smallest absolute Gasteiger partial charge is 0.251 e. The normalized spacial score (nSPS) is 11.0. The van der Waals surface area contributed by atoms with E-state index in [1.807, 2.05) is 13.8 Å². The fourth-order valence-corrected chi connectivity index (χ4v) is 2.23. The molecule has 0 aliphatic carbocycles. The molecule has 24 heavy (non-hydrogen) atoms. The number of nitrogens with one attached hydrogen (secondary N) is 1. The molecule has 0 saturated carbocycles. The minimum Gasteiger partial charge on any atom is -0.382 e. The zero-order valence-electron chi connectivity index (χ0n) is 14.6. The molecule has 1 rings (SSSR count). The molecular weight excluding hydrogens is 335 g/mol. The first-order valence-electron chi connectivity index (χ1n) is 7.89. The van der Waals surface area contributed by atoms with Crippen LogP contribution in [0.15, 0.2) is 18.2 Å². The largest absolute Gasteiger partial charge is 0.382 e. The molecular formula is C17H28ClFN2O3. The fourth-order valence-electron chi connectivity index (χ4n) is 2.23. The summed E-state index contributed by atoms with van der Waals surface area (Å²) in [5.74, 6) is -0.646. The molecule has 1 amide bonds. The van der Waals surface area contributed by atoms with E-state index in [4.69, 9.17) is 15.2 Å². The molecule has 0 spiro atoms. The van der Waals surface area contributed by atoms with Crippen LogP contribution in [0.5, 0.6) is 0 Å². The number of hydrogen-bond acceptors (Lipinski definition) is 4. The van der Waals surface area contributed by atoms with E-state index in [0.717, 1.165) is 12.8 Å². The maximum atomic E-state index is 13.8. The lowest BCUT2D eigenvalue weighted by Gasteiger charge is -2.31. The molecule has 0 aromatic heterocycles. The van der Waals surface area contributed by atoms with Gasteiger partial charge in [0, 0.05) is 24.8 Å². The summed E-state index contributed by atoms with van der Waals surface area (Å²) in [5.41, 5.74) is 6.11. The van der Waals surface area contributed by atoms with Crippen molar-refractivity contribution >= 4 is 18.3 Å². The van der Waals surface area contributed by atoms with Gasteiger partial charge in [-0.25, -0.2) is 4.39 Å². The Labute approximate surface area is 149 Å². The van der Waals surface area contributed by atoms with Crippen molar-refractivity contribution in [3.63, 3.8) is 0 Å². The Morgan fingerprint density at radius 2 is 1.96 bits per heavy atom. The van der Waals surface area contributed by atoms with Gasteiger partial charge in [0.15, 0.2) is 0 Å². The molecule has 7 heteroatoms. The van der Waals surface area contributed by atoms with Crippen LogP contribution in [-0.2, 0) is 16.1 Å². The lowest BCUT2D eigenvalue weighted by molar-refractivity contribution is 0.0603. The number of nitrogens with two attached hydrogens (primary N) is 1. The van der Waals surface area contributed by atoms with Crippen molar-refractivity contribution < 1.29 is 18.7 Å². The Hall–Kier alpha value is -1.21. The summed E-state index contributed by atoms with van der Waals surface area (Å²) in [6, 6.07) is 4.27. The van der Waals surface area contributed by atoms with E-state index < -0.39 is 11.4 Å². The fraction of sp³-hybridized carbons (Fsp3) is 0.588. The molecule has 0 heterocycles. The number of carbonyl (C=O) groups excluding carboxylic acids is 1. The maximum absolute atomic E-state index is 13.8. The molecule has 0 atom stereocenters. The second-order valence-electron chi connectivity index (χ2n) is 5.50. The summed E-state index contributed by atoms with van der Waals surface area (Å²) in [4.78, 5) is 12.4. The summed E-state index contributed by atoms with van der Waals surface area (Å²) in [6.45, 7) is 5.23. The molecule has 1 aromatic rings. The van der Waals surface area contributed by atoms with Crippen LogP contribution in [0, 0.1) is 5.82 Å². The summed E-state index contributed by atoms with van der Waals surface area (Å²) < 4.78 is 24.0. The maximum Gasteiger partial charge on any atom is 0.251 e. The number of rotatable bonds is 10. The minimum absolute atomic E-state index is 0. The predicted molar refractivity (Wildman–Crippen MR) is 95.0 cm³/mol. The van der Waals surface area contributed by atoms with Crippen LogP contribution in [0.1, 0.15) is 42.6 Å². The van der Waals surface area contributed by atoms with Crippen LogP contribution < -0.4 is 11.1 Å². The van der Waals surface area contributed by atoms with E-state index in [9.17, 15) is 9.18 Å². The van der Waals surface area contributed by atoms with E-state index in [-0.39, 0.29) is 24.9 Å². The summed E-state index contributed by atoms with van der Waals surface area (Å²) in [7, 11) is 1.57. The lowest BCUT2D eigenvalue weighted by atomic mass is 9.92. The van der Waals surface area contributed by atoms with E-state index >= 15 is 0 Å². The molecule has 0 unspecified atom stereocenters. The number of halogens is 2. The standard InChI is InChI=1S/C17H27FN2O3.ClH/c1-4-17(5-2,12-19)20-16(21)13-6-7-15(18)14(10-13)11-23-9-8-22-3;/h6-7,10H,4-5,8-9,11-12,19H2,1-3H3,(H,20,21);1H. The number of hydrogen-bond donors (Lipinski definition) is 2. The highest BCUT2D eigenvalue weighted by molar-refractivity contribution is 5.94. The van der Waals surface area contributed by atoms with E-state index in [0.29, 0.717) is 30.9 Å². The highest BCUT2D eigenvalue weighted by atomic mass is 35.5. The molecule has 0 bridgehead atoms. The Morgan fingerprint density at radius 3 is 2.50 bits per heavy atom. The van der Waals surface area contributed by atoms with Gasteiger partial charge < -0.3 is 20.5 Å². The summed E-state index contributed by atoms with van der Waals surface area (Å²) >= 11 is 0. The first-order valence-corrected chi connectivity index (χ1v) is 7.89. The van der Waals surface area contributed by atoms with Crippen molar-refractivity contribution in [3.05, 3.63) is 35.1 Å². The minimum atomic E-state index is -0.430. The monoisotopic (exact) mass is 362 g/mol. The molecule has 0 saturated heterocycles. The van der Waals surface area contributed by atoms with Crippen LogP contribution in [0.3, 0.4) is 0 Å². The first-order chi connectivity index (χ1) is 11.0. The van der Waals surface area contributed by atoms with Gasteiger partial charge in [-0.05, 0) is 31.0 Å². The Morgan fingerprint density at radius 1 is 1.29 bits per heavy atom. The van der Waals surface area contributed by atoms with Crippen LogP contribution >= 0.6 is 12.4 Å². The average Bonchev–Trinajstić information content (AvgIpc) is 2.58. The Balaban J connectivity index is 0.00000529. The van der Waals surface area contributed by atoms with Crippen LogP contribution in [0.4, 0.5) is 4.39 Å². The quantitative estimate of drug-likeness (QED) is 0.627. The van der Waals surface area contributed by atoms with E-state index in [1.54, 1.807) is 7.11 Å². The van der Waals surface area contributed by atoms with Gasteiger partial charge in [-0.3, -0.25) is 4.79 Å². The molecule has 0 aliphatic heterocycles. The highest BCUT2D eigenvalue weighted by Crippen LogP contribution is 2.16. The third-order valence-corrected chi connectivity index (χ3v) is 4.12. The molecule has 0 fully saturated rings. The van der Waals surface area contributed by atoms with Gasteiger partial charge in [-0.15, -0.1) is 12.4 Å². The third kappa shape index (κ3) is 6.36. The SMILES string of the molecule is CCC(CC)(CN)NC(=O)c1ccc(F)c(COCCOC)c1.Cl. The number of ether oxygens (including phenoxy) is 2. The Bertz CT molecular complexity index is 502. The van der Waals surface area contributed by atoms with Crippen molar-refractivity contribution in [2.45, 2.75) is 38.8 Å². The zero-order valence-corrected chi connectivity index (χ0v) is 15.4. The van der Waals surface area contributed by atoms with Crippen molar-refractivity contribution in [2.24, 2.45) is 5.73 Å². The second kappa shape index (κ2) is 11.4. The van der Waals surface area contributed by atoms with Gasteiger partial charge in [0.2, 0.25) is 0 Å². The molecule has 1 aromatic carbocycles. The van der Waals surface area contributed by atoms with Gasteiger partial charge in [-0.2, -0.15) is 0 Å². The van der Waals surface area contributed by atoms with Gasteiger partial charge >= 0.3 is 0 Å². The van der Waals surface area contributed by atoms with Gasteiger partial charge in [0.25, 0.3) is 5.91 Å². The topological polar surface area (TPSA) is 73.6 Å². The second-order valence-corrected chi connectivity index (χ2v) is 5.50. The van der Waals surface area contributed by atoms with Crippen LogP contribution in [0.2, 0.25) is 0 Å². The molecule has 0 aliphatic rings. The van der Waals surface area contributed by atoms with Crippen molar-refractivity contribution in [2.75, 3.05) is 26.9 Å². The summed E-state index contributed by atoms with van der Waals surface area (Å²) in [5, 5.41) is 2.97. The lowest BCUT2D eigenvalue weighted by Crippen LogP contribution is -2.52. The Kier molecular flexibility index (Phi) is 10.8. The molecule has 3 N–H and O–H groups in total. The third-order valence-electron chi connectivity index (χ3n) is 4.12. The van der Waals surface area contributed by atoms with Crippen molar-refractivity contribution in [1.29, 1.82) is 0 Å². The molecule has 0 radical (unpaired) electrons. The highest BCUT2D eigenvalue weighted by Gasteiger charge is 2.27. The van der Waals surface area contributed by atoms with Gasteiger partial charge in [-0.1, -0.05) is 13.8 Å². The number of methoxy groups -OCH3 is 1.